The van der Waals surface area contributed by atoms with Gasteiger partial charge in [0.05, 0.1) is 12.4 Å². The van der Waals surface area contributed by atoms with Crippen molar-refractivity contribution in [3.8, 4) is 0 Å². The van der Waals surface area contributed by atoms with E-state index in [1.807, 2.05) is 17.8 Å². The van der Waals surface area contributed by atoms with E-state index < -0.39 is 5.97 Å². The van der Waals surface area contributed by atoms with Crippen LogP contribution in [0.25, 0.3) is 0 Å². The molecule has 1 unspecified atom stereocenters. The maximum absolute atomic E-state index is 11.1. The molecule has 15 heavy (non-hydrogen) atoms. The molecular formula is C11H16O3S. The highest BCUT2D eigenvalue weighted by molar-refractivity contribution is 7.99. The van der Waals surface area contributed by atoms with Crippen LogP contribution in [0, 0.1) is 0 Å². The van der Waals surface area contributed by atoms with Crippen molar-refractivity contribution in [3.05, 3.63) is 23.7 Å². The van der Waals surface area contributed by atoms with E-state index in [-0.39, 0.29) is 11.0 Å². The molecule has 0 saturated heterocycles. The number of carbonyl (C=O) groups is 1. The van der Waals surface area contributed by atoms with Gasteiger partial charge in [-0.15, -0.1) is 0 Å². The van der Waals surface area contributed by atoms with Crippen LogP contribution >= 0.6 is 11.8 Å². The van der Waals surface area contributed by atoms with Crippen molar-refractivity contribution < 1.29 is 13.9 Å². The van der Waals surface area contributed by atoms with E-state index in [0.717, 1.165) is 17.9 Å². The Labute approximate surface area is 94.2 Å². The van der Waals surface area contributed by atoms with Crippen LogP contribution in [0.3, 0.4) is 0 Å². The summed E-state index contributed by atoms with van der Waals surface area (Å²) in [4.78, 5) is 11.1. The largest absolute Gasteiger partial charge is 0.463 e. The number of esters is 1. The van der Waals surface area contributed by atoms with Crippen LogP contribution < -0.4 is 0 Å². The molecule has 0 aliphatic heterocycles. The van der Waals surface area contributed by atoms with Crippen molar-refractivity contribution in [2.24, 2.45) is 0 Å². The first-order valence-corrected chi connectivity index (χ1v) is 6.03. The van der Waals surface area contributed by atoms with E-state index in [1.165, 1.54) is 7.11 Å². The lowest BCUT2D eigenvalue weighted by Gasteiger charge is -2.06. The summed E-state index contributed by atoms with van der Waals surface area (Å²) in [6.07, 6.45) is 1.14. The molecule has 0 N–H and O–H groups in total. The number of rotatable bonds is 5. The van der Waals surface area contributed by atoms with Gasteiger partial charge in [0.25, 0.3) is 0 Å². The molecule has 1 aromatic rings. The van der Waals surface area contributed by atoms with Gasteiger partial charge in [-0.2, -0.15) is 11.8 Å². The monoisotopic (exact) mass is 228 g/mol. The summed E-state index contributed by atoms with van der Waals surface area (Å²) < 4.78 is 9.97. The number of hydrogen-bond acceptors (Lipinski definition) is 4. The Bertz CT molecular complexity index is 319. The Morgan fingerprint density at radius 1 is 1.60 bits per heavy atom. The number of hydrogen-bond donors (Lipinski definition) is 0. The van der Waals surface area contributed by atoms with E-state index in [0.29, 0.717) is 0 Å². The second-order valence-electron chi connectivity index (χ2n) is 3.21. The van der Waals surface area contributed by atoms with Gasteiger partial charge < -0.3 is 9.15 Å². The number of ether oxygens (including phenoxy) is 1. The van der Waals surface area contributed by atoms with Gasteiger partial charge in [0.15, 0.2) is 0 Å². The zero-order valence-corrected chi connectivity index (χ0v) is 10.1. The van der Waals surface area contributed by atoms with Crippen LogP contribution in [0.2, 0.25) is 0 Å². The van der Waals surface area contributed by atoms with Crippen LogP contribution in [0.15, 0.2) is 16.5 Å². The predicted octanol–water partition coefficient (Wildman–Crippen LogP) is 3.27. The van der Waals surface area contributed by atoms with Gasteiger partial charge in [-0.1, -0.05) is 6.92 Å². The fourth-order valence-electron chi connectivity index (χ4n) is 1.16. The molecule has 0 radical (unpaired) electrons. The highest BCUT2D eigenvalue weighted by Gasteiger charge is 2.15. The minimum absolute atomic E-state index is 0.274. The van der Waals surface area contributed by atoms with E-state index >= 15 is 0 Å². The first-order chi connectivity index (χ1) is 7.19. The Hall–Kier alpha value is -0.900. The van der Waals surface area contributed by atoms with Crippen LogP contribution in [0.4, 0.5) is 0 Å². The first-order valence-electron chi connectivity index (χ1n) is 4.98. The molecule has 0 saturated carbocycles. The summed E-state index contributed by atoms with van der Waals surface area (Å²) in [7, 11) is 1.35. The molecule has 1 rings (SSSR count). The van der Waals surface area contributed by atoms with Crippen LogP contribution in [0.1, 0.15) is 41.8 Å². The van der Waals surface area contributed by atoms with Gasteiger partial charge in [0.2, 0.25) is 5.76 Å². The van der Waals surface area contributed by atoms with E-state index in [2.05, 4.69) is 18.6 Å². The van der Waals surface area contributed by atoms with Crippen LogP contribution in [-0.4, -0.2) is 18.8 Å². The van der Waals surface area contributed by atoms with Crippen LogP contribution in [0.5, 0.6) is 0 Å². The number of carbonyl (C=O) groups excluding carboxylic acids is 1. The zero-order chi connectivity index (χ0) is 11.3. The summed E-state index contributed by atoms with van der Waals surface area (Å²) in [6.45, 7) is 4.21. The SMILES string of the molecule is CCCSC(C)c1ccc(C(=O)OC)o1. The first kappa shape index (κ1) is 12.2. The normalized spacial score (nSPS) is 12.5. The molecule has 0 amide bonds. The van der Waals surface area contributed by atoms with E-state index in [4.69, 9.17) is 4.42 Å². The molecule has 3 nitrogen and oxygen atoms in total. The van der Waals surface area contributed by atoms with Gasteiger partial charge >= 0.3 is 5.97 Å². The average Bonchev–Trinajstić information content (AvgIpc) is 2.74. The smallest absolute Gasteiger partial charge is 0.373 e. The van der Waals surface area contributed by atoms with Crippen LogP contribution in [-0.2, 0) is 4.74 Å². The van der Waals surface area contributed by atoms with Crippen molar-refractivity contribution in [2.45, 2.75) is 25.5 Å². The highest BCUT2D eigenvalue weighted by Crippen LogP contribution is 2.29. The second-order valence-corrected chi connectivity index (χ2v) is 4.66. The van der Waals surface area contributed by atoms with Gasteiger partial charge in [-0.05, 0) is 31.2 Å². The van der Waals surface area contributed by atoms with Gasteiger partial charge in [0.1, 0.15) is 5.76 Å². The number of furan rings is 1. The zero-order valence-electron chi connectivity index (χ0n) is 9.28. The quantitative estimate of drug-likeness (QED) is 0.725. The Morgan fingerprint density at radius 2 is 2.33 bits per heavy atom. The summed E-state index contributed by atoms with van der Waals surface area (Å²) in [5.74, 6) is 1.77. The molecule has 1 aromatic heterocycles. The highest BCUT2D eigenvalue weighted by atomic mass is 32.2. The molecule has 1 atom stereocenters. The Morgan fingerprint density at radius 3 is 2.93 bits per heavy atom. The minimum atomic E-state index is -0.422. The van der Waals surface area contributed by atoms with Gasteiger partial charge in [0, 0.05) is 0 Å². The fraction of sp³-hybridized carbons (Fsp3) is 0.545. The summed E-state index contributed by atoms with van der Waals surface area (Å²) >= 11 is 1.82. The topological polar surface area (TPSA) is 39.4 Å². The lowest BCUT2D eigenvalue weighted by molar-refractivity contribution is 0.0563. The lowest BCUT2D eigenvalue weighted by atomic mass is 10.3. The third kappa shape index (κ3) is 3.30. The average molecular weight is 228 g/mol. The number of methoxy groups -OCH3 is 1. The maximum atomic E-state index is 11.1. The van der Waals surface area contributed by atoms with Crippen molar-refractivity contribution in [1.82, 2.24) is 0 Å². The summed E-state index contributed by atoms with van der Waals surface area (Å²) in [5.41, 5.74) is 0. The van der Waals surface area contributed by atoms with Crippen molar-refractivity contribution >= 4 is 17.7 Å². The predicted molar refractivity (Wildman–Crippen MR) is 61.2 cm³/mol. The van der Waals surface area contributed by atoms with Gasteiger partial charge in [-0.25, -0.2) is 4.79 Å². The molecule has 4 heteroatoms. The molecule has 84 valence electrons. The molecule has 0 bridgehead atoms. The standard InChI is InChI=1S/C11H16O3S/c1-4-7-15-8(2)9-5-6-10(14-9)11(12)13-3/h5-6,8H,4,7H2,1-3H3. The molecule has 0 spiro atoms. The Balaban J connectivity index is 2.62. The molecule has 0 aromatic carbocycles. The molecule has 0 fully saturated rings. The van der Waals surface area contributed by atoms with Crippen molar-refractivity contribution in [3.63, 3.8) is 0 Å². The lowest BCUT2D eigenvalue weighted by Crippen LogP contribution is -1.98. The van der Waals surface area contributed by atoms with E-state index in [9.17, 15) is 4.79 Å². The fourth-order valence-corrected chi connectivity index (χ4v) is 2.04. The Kier molecular flexibility index (Phi) is 4.75. The number of thioether (sulfide) groups is 1. The second kappa shape index (κ2) is 5.85. The molecule has 0 aliphatic rings. The molecular weight excluding hydrogens is 212 g/mol. The van der Waals surface area contributed by atoms with Gasteiger partial charge in [-0.3, -0.25) is 0 Å². The molecule has 0 aliphatic carbocycles. The third-order valence-electron chi connectivity index (χ3n) is 1.99. The molecule has 1 heterocycles. The van der Waals surface area contributed by atoms with Crippen molar-refractivity contribution in [1.29, 1.82) is 0 Å². The summed E-state index contributed by atoms with van der Waals surface area (Å²) in [6, 6.07) is 3.49. The van der Waals surface area contributed by atoms with E-state index in [1.54, 1.807) is 6.07 Å². The summed E-state index contributed by atoms with van der Waals surface area (Å²) in [5, 5.41) is 0.281. The maximum Gasteiger partial charge on any atom is 0.373 e. The van der Waals surface area contributed by atoms with Crippen molar-refractivity contribution in [2.75, 3.05) is 12.9 Å². The third-order valence-corrected chi connectivity index (χ3v) is 3.36. The minimum Gasteiger partial charge on any atom is -0.463 e.